The van der Waals surface area contributed by atoms with Gasteiger partial charge in [-0.25, -0.2) is 4.79 Å². The number of rotatable bonds is 16. The topological polar surface area (TPSA) is 93.1 Å². The molecule has 2 N–H and O–H groups in total. The largest absolute Gasteiger partial charge is 0.482 e. The highest BCUT2D eigenvalue weighted by molar-refractivity contribution is 5.69. The number of hydrogen-bond acceptors (Lipinski definition) is 5. The molecule has 2 aliphatic carbocycles. The highest BCUT2D eigenvalue weighted by Crippen LogP contribution is 2.48. The molecule has 0 radical (unpaired) electrons. The molecule has 0 amide bonds. The molecule has 36 heavy (non-hydrogen) atoms. The van der Waals surface area contributed by atoms with Gasteiger partial charge in [0.25, 0.3) is 0 Å². The Kier molecular flexibility index (Phi) is 11.6. The zero-order valence-corrected chi connectivity index (χ0v) is 22.3. The minimum absolute atomic E-state index is 0.0637. The minimum atomic E-state index is -0.979. The fourth-order valence-corrected chi connectivity index (χ4v) is 6.32. The van der Waals surface area contributed by atoms with Gasteiger partial charge in [0, 0.05) is 6.42 Å². The first-order valence-electron chi connectivity index (χ1n) is 14.3. The second-order valence-electron chi connectivity index (χ2n) is 10.8. The van der Waals surface area contributed by atoms with Crippen LogP contribution in [0.2, 0.25) is 0 Å². The number of esters is 1. The number of aliphatic hydroxyl groups is 1. The number of benzene rings is 1. The number of carbonyl (C=O) groups excluding carboxylic acids is 1. The maximum absolute atomic E-state index is 12.1. The van der Waals surface area contributed by atoms with Gasteiger partial charge < -0.3 is 19.7 Å². The van der Waals surface area contributed by atoms with Crippen LogP contribution in [0.5, 0.6) is 5.75 Å². The van der Waals surface area contributed by atoms with Crippen LogP contribution in [0.3, 0.4) is 0 Å². The van der Waals surface area contributed by atoms with E-state index in [1.54, 1.807) is 0 Å². The molecule has 0 unspecified atom stereocenters. The third kappa shape index (κ3) is 8.22. The van der Waals surface area contributed by atoms with E-state index in [0.717, 1.165) is 50.5 Å². The molecular weight excluding hydrogens is 456 g/mol. The molecule has 6 heteroatoms. The van der Waals surface area contributed by atoms with Gasteiger partial charge in [-0.1, -0.05) is 64.5 Å². The summed E-state index contributed by atoms with van der Waals surface area (Å²) in [5.41, 5.74) is 2.30. The van der Waals surface area contributed by atoms with Crippen molar-refractivity contribution in [2.24, 2.45) is 17.8 Å². The second-order valence-corrected chi connectivity index (χ2v) is 10.8. The molecule has 1 aromatic rings. The highest BCUT2D eigenvalue weighted by Gasteiger charge is 2.45. The maximum atomic E-state index is 12.1. The van der Waals surface area contributed by atoms with Crippen molar-refractivity contribution < 1.29 is 29.3 Å². The standard InChI is InChI=1S/C30H46O6/c1-3-5-6-7-8-9-10-13-23(36-30(34)4-2)15-16-24-25-17-21-12-11-14-28(35-20-29(32)33)26(21)18-22(25)19-27(24)31/h11-12,14,22-25,27,31H,3-10,13,15-20H2,1-2H3,(H,32,33)/t22-,23-,24+,25-,27+/m0/s1. The van der Waals surface area contributed by atoms with Crippen LogP contribution in [-0.4, -0.2) is 41.0 Å². The molecule has 1 fully saturated rings. The molecule has 0 saturated heterocycles. The average molecular weight is 503 g/mol. The van der Waals surface area contributed by atoms with Crippen molar-refractivity contribution in [1.29, 1.82) is 0 Å². The van der Waals surface area contributed by atoms with Crippen LogP contribution in [0.15, 0.2) is 18.2 Å². The lowest BCUT2D eigenvalue weighted by Crippen LogP contribution is -2.28. The van der Waals surface area contributed by atoms with E-state index >= 15 is 0 Å². The van der Waals surface area contributed by atoms with Crippen LogP contribution in [0.25, 0.3) is 0 Å². The van der Waals surface area contributed by atoms with Gasteiger partial charge in [0.05, 0.1) is 6.10 Å². The Morgan fingerprint density at radius 2 is 1.78 bits per heavy atom. The summed E-state index contributed by atoms with van der Waals surface area (Å²) in [5.74, 6) is 0.507. The number of carboxylic acid groups (broad SMARTS) is 1. The summed E-state index contributed by atoms with van der Waals surface area (Å²) in [7, 11) is 0. The van der Waals surface area contributed by atoms with Gasteiger partial charge in [0.15, 0.2) is 6.61 Å². The van der Waals surface area contributed by atoms with Crippen molar-refractivity contribution in [3.05, 3.63) is 29.3 Å². The summed E-state index contributed by atoms with van der Waals surface area (Å²) in [4.78, 5) is 23.0. The predicted octanol–water partition coefficient (Wildman–Crippen LogP) is 6.10. The number of aliphatic hydroxyl groups excluding tert-OH is 1. The smallest absolute Gasteiger partial charge is 0.341 e. The van der Waals surface area contributed by atoms with E-state index in [4.69, 9.17) is 14.6 Å². The number of unbranched alkanes of at least 4 members (excludes halogenated alkanes) is 6. The second kappa shape index (κ2) is 14.6. The first kappa shape index (κ1) is 28.5. The molecule has 202 valence electrons. The van der Waals surface area contributed by atoms with Crippen molar-refractivity contribution in [2.45, 2.75) is 116 Å². The quantitative estimate of drug-likeness (QED) is 0.209. The van der Waals surface area contributed by atoms with E-state index in [-0.39, 0.29) is 30.7 Å². The van der Waals surface area contributed by atoms with Crippen LogP contribution >= 0.6 is 0 Å². The summed E-state index contributed by atoms with van der Waals surface area (Å²) in [6.45, 7) is 3.73. The molecule has 0 heterocycles. The van der Waals surface area contributed by atoms with Crippen molar-refractivity contribution >= 4 is 11.9 Å². The first-order chi connectivity index (χ1) is 17.4. The Morgan fingerprint density at radius 1 is 1.03 bits per heavy atom. The molecule has 0 aromatic heterocycles. The van der Waals surface area contributed by atoms with Crippen LogP contribution in [0.1, 0.15) is 102 Å². The number of hydrogen-bond donors (Lipinski definition) is 2. The van der Waals surface area contributed by atoms with Gasteiger partial charge in [-0.3, -0.25) is 4.79 Å². The third-order valence-electron chi connectivity index (χ3n) is 8.24. The normalized spacial score (nSPS) is 23.5. The van der Waals surface area contributed by atoms with Gasteiger partial charge in [-0.15, -0.1) is 0 Å². The van der Waals surface area contributed by atoms with Crippen molar-refractivity contribution in [2.75, 3.05) is 6.61 Å². The molecular formula is C30H46O6. The van der Waals surface area contributed by atoms with Crippen LogP contribution in [0, 0.1) is 17.8 Å². The Hall–Kier alpha value is -2.08. The van der Waals surface area contributed by atoms with Crippen LogP contribution in [0.4, 0.5) is 0 Å². The van der Waals surface area contributed by atoms with Crippen LogP contribution in [-0.2, 0) is 27.2 Å². The predicted molar refractivity (Wildman–Crippen MR) is 140 cm³/mol. The Morgan fingerprint density at radius 3 is 2.50 bits per heavy atom. The van der Waals surface area contributed by atoms with Crippen molar-refractivity contribution in [3.8, 4) is 5.75 Å². The summed E-state index contributed by atoms with van der Waals surface area (Å²) in [6.07, 6.45) is 13.7. The minimum Gasteiger partial charge on any atom is -0.482 e. The Bertz CT molecular complexity index is 837. The molecule has 1 saturated carbocycles. The monoisotopic (exact) mass is 502 g/mol. The number of fused-ring (bicyclic) bond motifs is 2. The zero-order chi connectivity index (χ0) is 25.9. The van der Waals surface area contributed by atoms with Crippen molar-refractivity contribution in [3.63, 3.8) is 0 Å². The lowest BCUT2D eigenvalue weighted by molar-refractivity contribution is -0.149. The molecule has 5 atom stereocenters. The van der Waals surface area contributed by atoms with E-state index in [2.05, 4.69) is 13.0 Å². The van der Waals surface area contributed by atoms with Gasteiger partial charge in [-0.05, 0) is 79.9 Å². The van der Waals surface area contributed by atoms with Crippen molar-refractivity contribution in [1.82, 2.24) is 0 Å². The number of aliphatic carboxylic acids is 1. The molecule has 2 aliphatic rings. The fraction of sp³-hybridized carbons (Fsp3) is 0.733. The summed E-state index contributed by atoms with van der Waals surface area (Å²) < 4.78 is 11.4. The van der Waals surface area contributed by atoms with Gasteiger partial charge in [0.2, 0.25) is 0 Å². The fourth-order valence-electron chi connectivity index (χ4n) is 6.32. The molecule has 3 rings (SSSR count). The van der Waals surface area contributed by atoms with E-state index in [0.29, 0.717) is 24.0 Å². The average Bonchev–Trinajstić information content (AvgIpc) is 3.17. The first-order valence-corrected chi connectivity index (χ1v) is 14.3. The molecule has 0 spiro atoms. The molecule has 1 aromatic carbocycles. The van der Waals surface area contributed by atoms with Gasteiger partial charge in [0.1, 0.15) is 11.9 Å². The molecule has 0 aliphatic heterocycles. The number of carbonyl (C=O) groups is 2. The summed E-state index contributed by atoms with van der Waals surface area (Å²) >= 11 is 0. The van der Waals surface area contributed by atoms with Gasteiger partial charge >= 0.3 is 11.9 Å². The Labute approximate surface area is 216 Å². The van der Waals surface area contributed by atoms with E-state index in [1.165, 1.54) is 44.1 Å². The SMILES string of the molecule is CCCCCCCCC[C@@H](CC[C@@H]1[C@H]2Cc3cccc(OCC(=O)O)c3C[C@H]2C[C@H]1O)OC(=O)CC. The lowest BCUT2D eigenvalue weighted by atomic mass is 9.73. The highest BCUT2D eigenvalue weighted by atomic mass is 16.5. The van der Waals surface area contributed by atoms with Crippen LogP contribution < -0.4 is 4.74 Å². The maximum Gasteiger partial charge on any atom is 0.341 e. The van der Waals surface area contributed by atoms with Gasteiger partial charge in [-0.2, -0.15) is 0 Å². The summed E-state index contributed by atoms with van der Waals surface area (Å²) in [6, 6.07) is 5.88. The third-order valence-corrected chi connectivity index (χ3v) is 8.24. The Balaban J connectivity index is 1.56. The molecule has 0 bridgehead atoms. The summed E-state index contributed by atoms with van der Waals surface area (Å²) in [5, 5.41) is 20.0. The van der Waals surface area contributed by atoms with E-state index in [9.17, 15) is 14.7 Å². The number of ether oxygens (including phenoxy) is 2. The molecule has 6 nitrogen and oxygen atoms in total. The zero-order valence-electron chi connectivity index (χ0n) is 22.3. The van der Waals surface area contributed by atoms with E-state index in [1.807, 2.05) is 19.1 Å². The number of carboxylic acids is 1. The van der Waals surface area contributed by atoms with E-state index < -0.39 is 5.97 Å². The lowest BCUT2D eigenvalue weighted by Gasteiger charge is -2.32.